The van der Waals surface area contributed by atoms with Crippen molar-refractivity contribution < 1.29 is 0 Å². The van der Waals surface area contributed by atoms with Crippen LogP contribution in [0.2, 0.25) is 0 Å². The molecule has 2 atom stereocenters. The van der Waals surface area contributed by atoms with E-state index in [0.29, 0.717) is 0 Å². The average molecular weight is 431 g/mol. The molecule has 31 heavy (non-hydrogen) atoms. The lowest BCUT2D eigenvalue weighted by molar-refractivity contribution is 0.711. The minimum atomic E-state index is 0.717. The smallest absolute Gasteiger partial charge is 0.123 e. The Morgan fingerprint density at radius 3 is 2.61 bits per heavy atom. The van der Waals surface area contributed by atoms with E-state index in [1.165, 1.54) is 71.5 Å². The van der Waals surface area contributed by atoms with Crippen molar-refractivity contribution in [3.05, 3.63) is 74.8 Å². The Morgan fingerprint density at radius 1 is 1.03 bits per heavy atom. The van der Waals surface area contributed by atoms with Crippen molar-refractivity contribution in [2.75, 3.05) is 6.54 Å². The summed E-state index contributed by atoms with van der Waals surface area (Å²) in [5.41, 5.74) is 17.3. The van der Waals surface area contributed by atoms with Crippen molar-refractivity contribution in [1.29, 1.82) is 0 Å². The fourth-order valence-electron chi connectivity index (χ4n) is 5.27. The minimum Gasteiger partial charge on any atom is -0.330 e. The van der Waals surface area contributed by atoms with Gasteiger partial charge in [-0.25, -0.2) is 4.98 Å². The van der Waals surface area contributed by atoms with Crippen LogP contribution in [0.5, 0.6) is 0 Å². The highest BCUT2D eigenvalue weighted by Gasteiger charge is 2.35. The number of fused-ring (bicyclic) bond motifs is 1. The first-order valence-corrected chi connectivity index (χ1v) is 12.9. The van der Waals surface area contributed by atoms with Gasteiger partial charge >= 0.3 is 0 Å². The monoisotopic (exact) mass is 430 g/mol. The molecule has 0 radical (unpaired) electrons. The summed E-state index contributed by atoms with van der Waals surface area (Å²) in [7, 11) is 0. The summed E-state index contributed by atoms with van der Waals surface area (Å²) in [5, 5.41) is 3.43. The lowest BCUT2D eigenvalue weighted by atomic mass is 9.92. The van der Waals surface area contributed by atoms with E-state index in [0.717, 1.165) is 31.2 Å². The van der Waals surface area contributed by atoms with Crippen LogP contribution >= 0.6 is 11.3 Å². The van der Waals surface area contributed by atoms with E-state index >= 15 is 0 Å². The molecule has 0 aliphatic heterocycles. The van der Waals surface area contributed by atoms with E-state index in [4.69, 9.17) is 10.7 Å². The predicted molar refractivity (Wildman–Crippen MR) is 132 cm³/mol. The highest BCUT2D eigenvalue weighted by molar-refractivity contribution is 7.13. The van der Waals surface area contributed by atoms with E-state index in [9.17, 15) is 0 Å². The number of aromatic nitrogens is 1. The molecule has 2 aliphatic rings. The van der Waals surface area contributed by atoms with Gasteiger partial charge in [0.25, 0.3) is 0 Å². The van der Waals surface area contributed by atoms with Gasteiger partial charge in [-0.2, -0.15) is 0 Å². The van der Waals surface area contributed by atoms with Crippen LogP contribution in [0.15, 0.2) is 35.7 Å². The van der Waals surface area contributed by atoms with Gasteiger partial charge in [-0.05, 0) is 103 Å². The van der Waals surface area contributed by atoms with Crippen LogP contribution < -0.4 is 5.73 Å². The Balaban J connectivity index is 1.41. The summed E-state index contributed by atoms with van der Waals surface area (Å²) in [6.45, 7) is 5.32. The summed E-state index contributed by atoms with van der Waals surface area (Å²) in [5.74, 6) is 1.52. The van der Waals surface area contributed by atoms with Gasteiger partial charge in [-0.3, -0.25) is 0 Å². The van der Waals surface area contributed by atoms with Crippen molar-refractivity contribution in [2.45, 2.75) is 71.1 Å². The van der Waals surface area contributed by atoms with Crippen molar-refractivity contribution in [2.24, 2.45) is 11.7 Å². The molecule has 3 aromatic rings. The normalized spacial score (nSPS) is 20.4. The van der Waals surface area contributed by atoms with Gasteiger partial charge in [0.05, 0.1) is 5.69 Å². The number of benzene rings is 2. The van der Waals surface area contributed by atoms with Crippen LogP contribution in [0.1, 0.15) is 77.6 Å². The number of nitrogens with two attached hydrogens (primary N) is 1. The molecular formula is C28H34N2S. The van der Waals surface area contributed by atoms with E-state index in [-0.39, 0.29) is 0 Å². The Morgan fingerprint density at radius 2 is 1.84 bits per heavy atom. The van der Waals surface area contributed by atoms with Gasteiger partial charge in [0.1, 0.15) is 5.01 Å². The van der Waals surface area contributed by atoms with Gasteiger partial charge in [0.2, 0.25) is 0 Å². The molecule has 162 valence electrons. The summed E-state index contributed by atoms with van der Waals surface area (Å²) >= 11 is 1.80. The lowest BCUT2D eigenvalue weighted by Gasteiger charge is -2.14. The summed E-state index contributed by atoms with van der Waals surface area (Å²) in [6.07, 6.45) is 9.69. The van der Waals surface area contributed by atoms with Crippen LogP contribution in [0.25, 0.3) is 10.6 Å². The molecule has 3 heteroatoms. The molecule has 1 aromatic heterocycles. The van der Waals surface area contributed by atoms with Crippen molar-refractivity contribution in [3.63, 3.8) is 0 Å². The maximum atomic E-state index is 5.86. The van der Waals surface area contributed by atoms with E-state index in [2.05, 4.69) is 49.6 Å². The van der Waals surface area contributed by atoms with Gasteiger partial charge in [0.15, 0.2) is 0 Å². The largest absolute Gasteiger partial charge is 0.330 e. The predicted octanol–water partition coefficient (Wildman–Crippen LogP) is 6.60. The molecule has 1 saturated carbocycles. The van der Waals surface area contributed by atoms with Crippen LogP contribution in [-0.2, 0) is 25.7 Å². The SMILES string of the molecule is Cc1cc(Cc2csc(-c3ccc4c(c3)CCCCC4)n2)c(C2CC2C)cc1CCN. The third kappa shape index (κ3) is 4.49. The molecule has 1 heterocycles. The molecule has 2 N–H and O–H groups in total. The first kappa shape index (κ1) is 20.9. The highest BCUT2D eigenvalue weighted by atomic mass is 32.1. The van der Waals surface area contributed by atoms with E-state index in [1.54, 1.807) is 28.0 Å². The average Bonchev–Trinajstić information content (AvgIpc) is 3.39. The molecular weight excluding hydrogens is 396 g/mol. The number of rotatable bonds is 6. The number of aryl methyl sites for hydroxylation is 3. The zero-order valence-electron chi connectivity index (χ0n) is 18.9. The molecule has 2 nitrogen and oxygen atoms in total. The first-order valence-electron chi connectivity index (χ1n) is 12.0. The Kier molecular flexibility index (Phi) is 5.99. The standard InChI is InChI=1S/C28H34N2S/c1-18-12-24(27(26-13-19(26)2)16-21(18)10-11-29)15-25-17-31-28(30-25)23-9-8-20-6-4-3-5-7-22(20)14-23/h8-9,12,14,16-17,19,26H,3-7,10-11,13,15,29H2,1-2H3. The quantitative estimate of drug-likeness (QED) is 0.447. The van der Waals surface area contributed by atoms with Crippen molar-refractivity contribution in [3.8, 4) is 10.6 Å². The molecule has 2 aromatic carbocycles. The van der Waals surface area contributed by atoms with Crippen molar-refractivity contribution >= 4 is 11.3 Å². The van der Waals surface area contributed by atoms with Gasteiger partial charge in [-0.1, -0.05) is 37.6 Å². The minimum absolute atomic E-state index is 0.717. The first-order chi connectivity index (χ1) is 15.1. The number of thiazole rings is 1. The summed E-state index contributed by atoms with van der Waals surface area (Å²) in [6, 6.07) is 11.9. The molecule has 1 fully saturated rings. The van der Waals surface area contributed by atoms with Crippen LogP contribution in [0.3, 0.4) is 0 Å². The maximum absolute atomic E-state index is 5.86. The molecule has 5 rings (SSSR count). The molecule has 2 unspecified atom stereocenters. The zero-order valence-corrected chi connectivity index (χ0v) is 19.7. The zero-order chi connectivity index (χ0) is 21.4. The van der Waals surface area contributed by atoms with Crippen LogP contribution in [0.4, 0.5) is 0 Å². The Bertz CT molecular complexity index is 1080. The van der Waals surface area contributed by atoms with Gasteiger partial charge < -0.3 is 5.73 Å². The molecule has 0 bridgehead atoms. The molecule has 0 amide bonds. The second-order valence-corrected chi connectivity index (χ2v) is 10.6. The second-order valence-electron chi connectivity index (χ2n) is 9.70. The topological polar surface area (TPSA) is 38.9 Å². The number of hydrogen-bond acceptors (Lipinski definition) is 3. The molecule has 2 aliphatic carbocycles. The fourth-order valence-corrected chi connectivity index (χ4v) is 6.09. The number of hydrogen-bond donors (Lipinski definition) is 1. The van der Waals surface area contributed by atoms with Crippen LogP contribution in [0, 0.1) is 12.8 Å². The maximum Gasteiger partial charge on any atom is 0.123 e. The van der Waals surface area contributed by atoms with Gasteiger partial charge in [-0.15, -0.1) is 11.3 Å². The summed E-state index contributed by atoms with van der Waals surface area (Å²) < 4.78 is 0. The fraction of sp³-hybridized carbons (Fsp3) is 0.464. The molecule has 0 spiro atoms. The Labute approximate surface area is 190 Å². The van der Waals surface area contributed by atoms with E-state index in [1.807, 2.05) is 0 Å². The highest BCUT2D eigenvalue weighted by Crippen LogP contribution is 2.49. The second kappa shape index (κ2) is 8.88. The number of nitrogens with zero attached hydrogens (tertiary/aromatic N) is 1. The van der Waals surface area contributed by atoms with Crippen molar-refractivity contribution in [1.82, 2.24) is 4.98 Å². The van der Waals surface area contributed by atoms with Crippen LogP contribution in [-0.4, -0.2) is 11.5 Å². The lowest BCUT2D eigenvalue weighted by Crippen LogP contribution is -2.06. The van der Waals surface area contributed by atoms with Gasteiger partial charge in [0, 0.05) is 17.4 Å². The van der Waals surface area contributed by atoms with E-state index < -0.39 is 0 Å². The third-order valence-electron chi connectivity index (χ3n) is 7.29. The third-order valence-corrected chi connectivity index (χ3v) is 8.23. The Hall–Kier alpha value is -1.97. The summed E-state index contributed by atoms with van der Waals surface area (Å²) in [4.78, 5) is 5.07. The molecule has 0 saturated heterocycles.